The molecule has 132 heavy (non-hydrogen) atoms. The number of oxazole rings is 2. The second-order valence-corrected chi connectivity index (χ2v) is 31.5. The lowest BCUT2D eigenvalue weighted by atomic mass is 10.2. The minimum Gasteiger partial charge on any atom is -0.445 e. The van der Waals surface area contributed by atoms with E-state index in [4.69, 9.17) is 8.83 Å². The molecule has 0 amide bonds. The molecular weight excluding hydrogens is 1690 g/mol. The van der Waals surface area contributed by atoms with E-state index in [1.807, 2.05) is 203 Å². The standard InChI is InChI=1S/C23H18FN7O.C19H16FN7O.3C17H17FN6/c1-31-20(13-19(30-31)15-6-3-2-4-7-15)28-21-18(24)14-26-23(29-21)27-17-9-5-8-16(12-17)22-25-10-11-32-22;20-14-10-22-19(23-13-3-1-2-12(8-13)18-21-6-7-28-18)25-17(14)24-16-9-15(26-27-16)11-4-5-11;3*1-10-2-6-12(7-3-10)20-17-19-9-13(18)16(22-17)21-15-8-14(23-24-15)11-4-5-11/h2-14H,1H3,(H2,26,27,28,29);1-3,6-11H,4-5H2,(H3,22,23,24,25,26,27);3*2-3,6-9,11H,4-5H2,1H3,(H3,19,20,21,22,23,24). The molecule has 18 aromatic rings. The molecule has 0 spiro atoms. The molecule has 4 fully saturated rings. The van der Waals surface area contributed by atoms with Gasteiger partial charge in [-0.25, -0.2) is 56.8 Å². The highest BCUT2D eigenvalue weighted by Crippen LogP contribution is 2.43. The Morgan fingerprint density at radius 2 is 0.606 bits per heavy atom. The highest BCUT2D eigenvalue weighted by molar-refractivity contribution is 5.70. The van der Waals surface area contributed by atoms with E-state index in [9.17, 15) is 22.0 Å². The zero-order valence-corrected chi connectivity index (χ0v) is 71.2. The van der Waals surface area contributed by atoms with E-state index in [0.717, 1.165) is 128 Å². The van der Waals surface area contributed by atoms with Crippen molar-refractivity contribution >= 4 is 116 Å². The summed E-state index contributed by atoms with van der Waals surface area (Å²) in [5, 5.41) is 62.9. The normalized spacial score (nSPS) is 13.0. The monoisotopic (exact) mass is 1780 g/mol. The largest absolute Gasteiger partial charge is 0.445 e. The van der Waals surface area contributed by atoms with E-state index in [0.29, 0.717) is 88.1 Å². The first-order chi connectivity index (χ1) is 64.4. The van der Waals surface area contributed by atoms with Gasteiger partial charge in [-0.05, 0) is 145 Å². The molecule has 34 nitrogen and oxygen atoms in total. The van der Waals surface area contributed by atoms with Crippen molar-refractivity contribution in [3.63, 3.8) is 0 Å². The summed E-state index contributed by atoms with van der Waals surface area (Å²) < 4.78 is 82.8. The van der Waals surface area contributed by atoms with Gasteiger partial charge in [0, 0.05) is 129 Å². The Bertz CT molecular complexity index is 6570. The quantitative estimate of drug-likeness (QED) is 0.0213. The number of hydrogen-bond donors (Lipinski definition) is 14. The molecule has 664 valence electrons. The molecule has 0 radical (unpaired) electrons. The van der Waals surface area contributed by atoms with Crippen LogP contribution >= 0.6 is 0 Å². The smallest absolute Gasteiger partial charge is 0.229 e. The number of nitrogens with zero attached hydrogens (tertiary/aromatic N) is 18. The number of hydrogen-bond acceptors (Lipinski definition) is 29. The SMILES string of the molecule is Cc1ccc(Nc2ncc(F)c(Nc3cc(C4CC4)[nH]n3)n2)cc1.Cc1ccc(Nc2ncc(F)c(Nc3cc(C4CC4)[nH]n3)n2)cc1.Cc1ccc(Nc2ncc(F)c(Nc3cc(C4CC4)[nH]n3)n2)cc1.Cn1nc(-c2ccccc2)cc1Nc1nc(Nc2cccc(-c3ncco3)c2)ncc1F.Fc1cnc(Nc2cccc(-c3ncco3)c2)nc1Nc1cc(C2CC2)[nH]n1. The lowest BCUT2D eigenvalue weighted by Crippen LogP contribution is -2.06. The minimum atomic E-state index is -0.577. The maximum atomic E-state index is 14.4. The highest BCUT2D eigenvalue weighted by atomic mass is 19.1. The molecule has 4 saturated carbocycles. The lowest BCUT2D eigenvalue weighted by molar-refractivity contribution is 0.574. The third kappa shape index (κ3) is 23.0. The van der Waals surface area contributed by atoms with Crippen molar-refractivity contribution in [3.8, 4) is 34.2 Å². The Morgan fingerprint density at radius 3 is 0.902 bits per heavy atom. The predicted octanol–water partition coefficient (Wildman–Crippen LogP) is 21.6. The van der Waals surface area contributed by atoms with Crippen LogP contribution in [0.2, 0.25) is 0 Å². The Morgan fingerprint density at radius 1 is 0.311 bits per heavy atom. The maximum Gasteiger partial charge on any atom is 0.229 e. The zero-order chi connectivity index (χ0) is 90.4. The number of H-pyrrole nitrogens is 4. The van der Waals surface area contributed by atoms with Crippen LogP contribution in [-0.2, 0) is 7.05 Å². The Hall–Kier alpha value is -17.2. The van der Waals surface area contributed by atoms with E-state index in [2.05, 4.69) is 159 Å². The van der Waals surface area contributed by atoms with Crippen LogP contribution in [0.1, 0.15) is 115 Å². The Balaban J connectivity index is 0.000000111. The zero-order valence-electron chi connectivity index (χ0n) is 71.2. The summed E-state index contributed by atoms with van der Waals surface area (Å²) in [6, 6.07) is 57.4. The second-order valence-electron chi connectivity index (χ2n) is 31.5. The van der Waals surface area contributed by atoms with Gasteiger partial charge >= 0.3 is 0 Å². The first kappa shape index (κ1) is 85.6. The summed E-state index contributed by atoms with van der Waals surface area (Å²) in [5.74, 6) is 5.09. The maximum absolute atomic E-state index is 14.4. The number of aromatic amines is 4. The average molecular weight is 1780 g/mol. The molecule has 4 aliphatic carbocycles. The number of anilines is 20. The van der Waals surface area contributed by atoms with Crippen LogP contribution in [0.4, 0.5) is 138 Å². The molecule has 6 aromatic carbocycles. The number of rotatable bonds is 27. The number of nitrogens with one attached hydrogen (secondary N) is 14. The van der Waals surface area contributed by atoms with E-state index >= 15 is 0 Å². The van der Waals surface area contributed by atoms with Crippen LogP contribution < -0.4 is 53.2 Å². The molecule has 0 atom stereocenters. The summed E-state index contributed by atoms with van der Waals surface area (Å²) in [4.78, 5) is 49.3. The summed E-state index contributed by atoms with van der Waals surface area (Å²) in [6.07, 6.45) is 21.2. The number of aryl methyl sites for hydroxylation is 4. The molecule has 14 N–H and O–H groups in total. The molecule has 12 heterocycles. The number of aromatic nitrogens is 22. The third-order valence-corrected chi connectivity index (χ3v) is 20.9. The van der Waals surface area contributed by atoms with Gasteiger partial charge < -0.3 is 62.0 Å². The van der Waals surface area contributed by atoms with Crippen molar-refractivity contribution < 1.29 is 30.8 Å². The average Bonchev–Trinajstić information content (AvgIpc) is 1.65. The molecule has 22 rings (SSSR count). The van der Waals surface area contributed by atoms with Crippen molar-refractivity contribution in [2.24, 2.45) is 7.05 Å². The number of halogens is 5. The van der Waals surface area contributed by atoms with Crippen LogP contribution in [-0.4, -0.2) is 110 Å². The van der Waals surface area contributed by atoms with Crippen LogP contribution in [0, 0.1) is 49.9 Å². The van der Waals surface area contributed by atoms with Gasteiger partial charge in [0.05, 0.1) is 49.1 Å². The number of benzene rings is 6. The summed E-state index contributed by atoms with van der Waals surface area (Å²) in [5.41, 5.74) is 15.1. The Kier molecular flexibility index (Phi) is 25.5. The molecule has 0 saturated heterocycles. The molecule has 4 aliphatic rings. The van der Waals surface area contributed by atoms with Gasteiger partial charge in [0.2, 0.25) is 41.5 Å². The first-order valence-corrected chi connectivity index (χ1v) is 42.3. The van der Waals surface area contributed by atoms with Gasteiger partial charge in [-0.1, -0.05) is 95.6 Å². The van der Waals surface area contributed by atoms with Crippen LogP contribution in [0.3, 0.4) is 0 Å². The summed E-state index contributed by atoms with van der Waals surface area (Å²) >= 11 is 0. The summed E-state index contributed by atoms with van der Waals surface area (Å²) in [6.45, 7) is 6.04. The van der Waals surface area contributed by atoms with Crippen molar-refractivity contribution in [1.82, 2.24) is 110 Å². The molecular formula is C93H85F5N32O2. The van der Waals surface area contributed by atoms with Gasteiger partial charge in [0.15, 0.2) is 81.4 Å². The minimum absolute atomic E-state index is 0.0361. The Labute approximate surface area is 750 Å². The fraction of sp³-hybridized carbons (Fsp3) is 0.172. The topological polar surface area (TPSA) is 434 Å². The highest BCUT2D eigenvalue weighted by Gasteiger charge is 2.30. The molecule has 0 unspecified atom stereocenters. The van der Waals surface area contributed by atoms with Gasteiger partial charge in [-0.15, -0.1) is 0 Å². The van der Waals surface area contributed by atoms with Crippen molar-refractivity contribution in [2.45, 2.75) is 95.8 Å². The molecule has 39 heteroatoms. The fourth-order valence-electron chi connectivity index (χ4n) is 13.3. The van der Waals surface area contributed by atoms with Crippen LogP contribution in [0.25, 0.3) is 34.2 Å². The van der Waals surface area contributed by atoms with Crippen molar-refractivity contribution in [1.29, 1.82) is 0 Å². The first-order valence-electron chi connectivity index (χ1n) is 42.3. The predicted molar refractivity (Wildman–Crippen MR) is 491 cm³/mol. The second kappa shape index (κ2) is 39.4. The van der Waals surface area contributed by atoms with Crippen LogP contribution in [0.5, 0.6) is 0 Å². The summed E-state index contributed by atoms with van der Waals surface area (Å²) in [7, 11) is 1.78. The van der Waals surface area contributed by atoms with E-state index in [1.54, 1.807) is 24.1 Å². The molecule has 12 aromatic heterocycles. The lowest BCUT2D eigenvalue weighted by Gasteiger charge is -2.10. The fourth-order valence-corrected chi connectivity index (χ4v) is 13.3. The molecule has 0 bridgehead atoms. The van der Waals surface area contributed by atoms with E-state index in [-0.39, 0.29) is 41.0 Å². The third-order valence-electron chi connectivity index (χ3n) is 20.9. The van der Waals surface area contributed by atoms with Gasteiger partial charge in [-0.3, -0.25) is 25.1 Å². The molecule has 0 aliphatic heterocycles. The van der Waals surface area contributed by atoms with E-state index < -0.39 is 29.1 Å². The van der Waals surface area contributed by atoms with Crippen molar-refractivity contribution in [2.75, 3.05) is 53.2 Å². The van der Waals surface area contributed by atoms with Gasteiger partial charge in [0.25, 0.3) is 0 Å². The van der Waals surface area contributed by atoms with E-state index in [1.165, 1.54) is 51.1 Å². The van der Waals surface area contributed by atoms with Crippen LogP contribution in [0.15, 0.2) is 247 Å². The van der Waals surface area contributed by atoms with Gasteiger partial charge in [-0.2, -0.15) is 50.4 Å². The van der Waals surface area contributed by atoms with Gasteiger partial charge in [0.1, 0.15) is 18.3 Å². The van der Waals surface area contributed by atoms with Crippen molar-refractivity contribution in [3.05, 3.63) is 306 Å².